The maximum atomic E-state index is 13.2. The number of nitrogens with one attached hydrogen (secondary N) is 1. The standard InChI is InChI=1S/C20H12ClF3N4O3/c1-10-25-18(27-28(10)13-4-2-3-11(21)7-13)19(30)26-12-5-6-14-15(20(22,23)24)9-17(29)31-16(14)8-12/h2-9H,1H3,(H,26,30). The van der Waals surface area contributed by atoms with Crippen molar-refractivity contribution in [2.24, 2.45) is 0 Å². The number of aryl methyl sites for hydroxylation is 1. The third-order valence-corrected chi connectivity index (χ3v) is 4.57. The smallest absolute Gasteiger partial charge is 0.417 e. The minimum atomic E-state index is -4.73. The number of carbonyl (C=O) groups excluding carboxylic acids is 1. The molecule has 7 nitrogen and oxygen atoms in total. The number of halogens is 4. The molecule has 0 spiro atoms. The van der Waals surface area contributed by atoms with E-state index >= 15 is 0 Å². The zero-order valence-corrected chi connectivity index (χ0v) is 16.5. The second-order valence-corrected chi connectivity index (χ2v) is 6.95. The molecule has 0 aliphatic heterocycles. The summed E-state index contributed by atoms with van der Waals surface area (Å²) in [7, 11) is 0. The molecule has 11 heteroatoms. The molecule has 0 aliphatic carbocycles. The Balaban J connectivity index is 1.65. The van der Waals surface area contributed by atoms with E-state index in [0.717, 1.165) is 12.1 Å². The normalized spacial score (nSPS) is 11.6. The third kappa shape index (κ3) is 4.15. The number of rotatable bonds is 3. The average Bonchev–Trinajstić information content (AvgIpc) is 3.08. The first-order chi connectivity index (χ1) is 14.6. The van der Waals surface area contributed by atoms with Crippen molar-refractivity contribution in [1.29, 1.82) is 0 Å². The number of hydrogen-bond acceptors (Lipinski definition) is 5. The molecule has 2 aromatic carbocycles. The Morgan fingerprint density at radius 2 is 1.94 bits per heavy atom. The van der Waals surface area contributed by atoms with Crippen LogP contribution in [0.1, 0.15) is 22.0 Å². The third-order valence-electron chi connectivity index (χ3n) is 4.33. The van der Waals surface area contributed by atoms with Crippen molar-refractivity contribution in [2.45, 2.75) is 13.1 Å². The summed E-state index contributed by atoms with van der Waals surface area (Å²) in [6.45, 7) is 1.65. The Morgan fingerprint density at radius 1 is 1.16 bits per heavy atom. The van der Waals surface area contributed by atoms with Gasteiger partial charge in [0.15, 0.2) is 0 Å². The fourth-order valence-electron chi connectivity index (χ4n) is 3.00. The van der Waals surface area contributed by atoms with Gasteiger partial charge in [-0.25, -0.2) is 14.5 Å². The van der Waals surface area contributed by atoms with Crippen molar-refractivity contribution < 1.29 is 22.4 Å². The molecule has 0 saturated carbocycles. The van der Waals surface area contributed by atoms with Crippen LogP contribution >= 0.6 is 11.6 Å². The summed E-state index contributed by atoms with van der Waals surface area (Å²) >= 11 is 5.98. The van der Waals surface area contributed by atoms with E-state index < -0.39 is 23.3 Å². The number of alkyl halides is 3. The largest absolute Gasteiger partial charge is 0.423 e. The zero-order valence-electron chi connectivity index (χ0n) is 15.7. The van der Waals surface area contributed by atoms with E-state index in [-0.39, 0.29) is 22.5 Å². The molecule has 31 heavy (non-hydrogen) atoms. The Hall–Kier alpha value is -3.66. The van der Waals surface area contributed by atoms with Crippen LogP contribution in [0.5, 0.6) is 0 Å². The summed E-state index contributed by atoms with van der Waals surface area (Å²) < 4.78 is 45.8. The molecule has 4 aromatic rings. The maximum Gasteiger partial charge on any atom is 0.417 e. The Morgan fingerprint density at radius 3 is 2.65 bits per heavy atom. The van der Waals surface area contributed by atoms with Crippen LogP contribution < -0.4 is 10.9 Å². The lowest BCUT2D eigenvalue weighted by molar-refractivity contribution is -0.136. The monoisotopic (exact) mass is 448 g/mol. The molecule has 0 atom stereocenters. The highest BCUT2D eigenvalue weighted by Crippen LogP contribution is 2.34. The van der Waals surface area contributed by atoms with E-state index in [9.17, 15) is 22.8 Å². The SMILES string of the molecule is Cc1nc(C(=O)Nc2ccc3c(C(F)(F)F)cc(=O)oc3c2)nn1-c1cccc(Cl)c1. The molecule has 0 fully saturated rings. The van der Waals surface area contributed by atoms with Crippen LogP contribution in [0, 0.1) is 6.92 Å². The van der Waals surface area contributed by atoms with Crippen molar-refractivity contribution in [3.05, 3.63) is 81.2 Å². The number of benzene rings is 2. The molecule has 158 valence electrons. The number of fused-ring (bicyclic) bond motifs is 1. The lowest BCUT2D eigenvalue weighted by Gasteiger charge is -2.10. The van der Waals surface area contributed by atoms with Crippen molar-refractivity contribution in [3.63, 3.8) is 0 Å². The van der Waals surface area contributed by atoms with Gasteiger partial charge < -0.3 is 9.73 Å². The predicted molar refractivity (Wildman–Crippen MR) is 107 cm³/mol. The van der Waals surface area contributed by atoms with E-state index in [2.05, 4.69) is 15.4 Å². The first kappa shape index (κ1) is 20.6. The molecule has 2 heterocycles. The number of nitrogens with zero attached hydrogens (tertiary/aromatic N) is 3. The van der Waals surface area contributed by atoms with E-state index in [1.54, 1.807) is 31.2 Å². The fourth-order valence-corrected chi connectivity index (χ4v) is 3.19. The van der Waals surface area contributed by atoms with Gasteiger partial charge in [-0.05, 0) is 37.3 Å². The highest BCUT2D eigenvalue weighted by molar-refractivity contribution is 6.30. The molecule has 0 unspecified atom stereocenters. The van der Waals surface area contributed by atoms with Gasteiger partial charge in [-0.3, -0.25) is 4.79 Å². The maximum absolute atomic E-state index is 13.2. The summed E-state index contributed by atoms with van der Waals surface area (Å²) in [4.78, 5) is 28.2. The Labute approximate surface area is 177 Å². The van der Waals surface area contributed by atoms with Crippen molar-refractivity contribution in [3.8, 4) is 5.69 Å². The minimum Gasteiger partial charge on any atom is -0.423 e. The second-order valence-electron chi connectivity index (χ2n) is 6.52. The molecular formula is C20H12ClF3N4O3. The van der Waals surface area contributed by atoms with E-state index in [1.807, 2.05) is 0 Å². The molecule has 1 amide bonds. The van der Waals surface area contributed by atoms with Gasteiger partial charge in [-0.15, -0.1) is 5.10 Å². The number of carbonyl (C=O) groups is 1. The van der Waals surface area contributed by atoms with Crippen LogP contribution in [0.4, 0.5) is 18.9 Å². The molecule has 0 radical (unpaired) electrons. The first-order valence-electron chi connectivity index (χ1n) is 8.78. The summed E-state index contributed by atoms with van der Waals surface area (Å²) in [6, 6.07) is 10.7. The van der Waals surface area contributed by atoms with Gasteiger partial charge >= 0.3 is 11.8 Å². The van der Waals surface area contributed by atoms with Crippen LogP contribution in [0.2, 0.25) is 5.02 Å². The lowest BCUT2D eigenvalue weighted by atomic mass is 10.1. The van der Waals surface area contributed by atoms with Gasteiger partial charge in [-0.2, -0.15) is 13.2 Å². The topological polar surface area (TPSA) is 90.0 Å². The average molecular weight is 449 g/mol. The Bertz CT molecular complexity index is 1380. The number of amides is 1. The Kier molecular flexibility index (Phi) is 5.02. The summed E-state index contributed by atoms with van der Waals surface area (Å²) in [5, 5.41) is 6.82. The number of hydrogen-bond donors (Lipinski definition) is 1. The van der Waals surface area contributed by atoms with Crippen LogP contribution in [0.3, 0.4) is 0 Å². The molecule has 4 rings (SSSR count). The number of aromatic nitrogens is 3. The molecule has 2 aromatic heterocycles. The molecule has 0 bridgehead atoms. The van der Waals surface area contributed by atoms with Crippen LogP contribution in [0.25, 0.3) is 16.7 Å². The van der Waals surface area contributed by atoms with Crippen molar-refractivity contribution in [1.82, 2.24) is 14.8 Å². The lowest BCUT2D eigenvalue weighted by Crippen LogP contribution is -2.15. The van der Waals surface area contributed by atoms with Gasteiger partial charge in [0.25, 0.3) is 5.91 Å². The molecule has 0 saturated heterocycles. The van der Waals surface area contributed by atoms with Crippen LogP contribution in [-0.4, -0.2) is 20.7 Å². The van der Waals surface area contributed by atoms with E-state index in [1.165, 1.54) is 10.7 Å². The highest BCUT2D eigenvalue weighted by Gasteiger charge is 2.33. The molecule has 1 N–H and O–H groups in total. The van der Waals surface area contributed by atoms with Gasteiger partial charge in [0.1, 0.15) is 11.4 Å². The van der Waals surface area contributed by atoms with Crippen molar-refractivity contribution in [2.75, 3.05) is 5.32 Å². The fraction of sp³-hybridized carbons (Fsp3) is 0.100. The summed E-state index contributed by atoms with van der Waals surface area (Å²) in [6.07, 6.45) is -4.73. The molecule has 0 aliphatic rings. The van der Waals surface area contributed by atoms with Gasteiger partial charge in [-0.1, -0.05) is 17.7 Å². The predicted octanol–water partition coefficient (Wildman–Crippen LogP) is 4.61. The summed E-state index contributed by atoms with van der Waals surface area (Å²) in [5.41, 5.74) is -1.87. The quantitative estimate of drug-likeness (QED) is 0.462. The van der Waals surface area contributed by atoms with Crippen LogP contribution in [-0.2, 0) is 6.18 Å². The van der Waals surface area contributed by atoms with Gasteiger partial charge in [0, 0.05) is 28.2 Å². The van der Waals surface area contributed by atoms with Gasteiger partial charge in [0.05, 0.1) is 11.3 Å². The minimum absolute atomic E-state index is 0.108. The van der Waals surface area contributed by atoms with Crippen LogP contribution in [0.15, 0.2) is 57.7 Å². The number of anilines is 1. The van der Waals surface area contributed by atoms with Crippen molar-refractivity contribution >= 4 is 34.2 Å². The second kappa shape index (κ2) is 7.55. The first-order valence-corrected chi connectivity index (χ1v) is 9.16. The van der Waals surface area contributed by atoms with E-state index in [4.69, 9.17) is 16.0 Å². The zero-order chi connectivity index (χ0) is 22.3. The van der Waals surface area contributed by atoms with Gasteiger partial charge in [0.2, 0.25) is 5.82 Å². The molecular weight excluding hydrogens is 437 g/mol. The summed E-state index contributed by atoms with van der Waals surface area (Å²) in [5.74, 6) is -0.438. The highest BCUT2D eigenvalue weighted by atomic mass is 35.5. The van der Waals surface area contributed by atoms with E-state index in [0.29, 0.717) is 22.6 Å².